The number of rotatable bonds is 4. The van der Waals surface area contributed by atoms with E-state index >= 15 is 0 Å². The molecule has 5 rings (SSSR count). The van der Waals surface area contributed by atoms with Crippen LogP contribution in [0.5, 0.6) is 0 Å². The lowest BCUT2D eigenvalue weighted by molar-refractivity contribution is 0.00578. The van der Waals surface area contributed by atoms with Crippen molar-refractivity contribution in [2.24, 2.45) is 5.92 Å². The van der Waals surface area contributed by atoms with Gasteiger partial charge in [0.1, 0.15) is 6.26 Å². The number of hydrogen-bond acceptors (Lipinski definition) is 5. The maximum atomic E-state index is 12.9. The van der Waals surface area contributed by atoms with Gasteiger partial charge in [0.2, 0.25) is 5.89 Å². The Morgan fingerprint density at radius 2 is 1.89 bits per heavy atom. The summed E-state index contributed by atoms with van der Waals surface area (Å²) in [7, 11) is -0.182. The van der Waals surface area contributed by atoms with Crippen LogP contribution in [0.4, 0.5) is 0 Å². The molecule has 28 heavy (non-hydrogen) atoms. The molecule has 1 aromatic carbocycles. The summed E-state index contributed by atoms with van der Waals surface area (Å²) in [6.07, 6.45) is 4.22. The smallest absolute Gasteiger partial charge is 0.445 e. The lowest BCUT2D eigenvalue weighted by Crippen LogP contribution is -2.41. The van der Waals surface area contributed by atoms with Gasteiger partial charge in [-0.3, -0.25) is 4.79 Å². The number of benzene rings is 1. The normalized spacial score (nSPS) is 27.4. The second-order valence-corrected chi connectivity index (χ2v) is 9.14. The first-order valence-corrected chi connectivity index (χ1v) is 9.93. The highest BCUT2D eigenvalue weighted by molar-refractivity contribution is 6.48. The molecule has 0 N–H and O–H groups in total. The van der Waals surface area contributed by atoms with Crippen molar-refractivity contribution in [2.75, 3.05) is 6.54 Å². The fourth-order valence-electron chi connectivity index (χ4n) is 4.26. The van der Waals surface area contributed by atoms with Crippen LogP contribution >= 0.6 is 0 Å². The zero-order valence-corrected chi connectivity index (χ0v) is 16.8. The van der Waals surface area contributed by atoms with Gasteiger partial charge in [0.15, 0.2) is 0 Å². The van der Waals surface area contributed by atoms with Gasteiger partial charge in [-0.05, 0) is 63.5 Å². The van der Waals surface area contributed by atoms with Crippen molar-refractivity contribution in [1.29, 1.82) is 0 Å². The highest BCUT2D eigenvalue weighted by Gasteiger charge is 2.60. The largest absolute Gasteiger partial charge is 0.461 e. The number of nitrogens with zero attached hydrogens (tertiary/aromatic N) is 2. The number of amides is 1. The Kier molecular flexibility index (Phi) is 3.81. The number of carbonyl (C=O) groups is 1. The average molecular weight is 380 g/mol. The third-order valence-corrected chi connectivity index (χ3v) is 6.76. The first-order valence-electron chi connectivity index (χ1n) is 9.93. The average Bonchev–Trinajstić information content (AvgIpc) is 2.96. The van der Waals surface area contributed by atoms with Gasteiger partial charge in [-0.15, -0.1) is 0 Å². The molecule has 2 unspecified atom stereocenters. The predicted octanol–water partition coefficient (Wildman–Crippen LogP) is 3.78. The van der Waals surface area contributed by atoms with Crippen LogP contribution < -0.4 is 0 Å². The van der Waals surface area contributed by atoms with E-state index in [1.807, 2.05) is 23.1 Å². The van der Waals surface area contributed by atoms with E-state index in [-0.39, 0.29) is 24.2 Å². The predicted molar refractivity (Wildman–Crippen MR) is 105 cm³/mol. The van der Waals surface area contributed by atoms with E-state index in [0.717, 1.165) is 29.7 Å². The summed E-state index contributed by atoms with van der Waals surface area (Å²) in [4.78, 5) is 19.1. The van der Waals surface area contributed by atoms with Crippen molar-refractivity contribution < 1.29 is 18.5 Å². The molecule has 2 atom stereocenters. The minimum absolute atomic E-state index is 0.0861. The molecule has 0 bridgehead atoms. The van der Waals surface area contributed by atoms with E-state index in [0.29, 0.717) is 24.2 Å². The van der Waals surface area contributed by atoms with Gasteiger partial charge in [0.25, 0.3) is 5.91 Å². The summed E-state index contributed by atoms with van der Waals surface area (Å²) in [5.74, 6) is 1.41. The molecule has 3 heterocycles. The molecule has 1 aromatic heterocycles. The fraction of sp³-hybridized carbons (Fsp3) is 0.524. The molecule has 3 aliphatic rings. The van der Waals surface area contributed by atoms with Gasteiger partial charge in [-0.1, -0.05) is 6.07 Å². The van der Waals surface area contributed by atoms with Crippen LogP contribution in [0.1, 0.15) is 50.0 Å². The number of hydrogen-bond donors (Lipinski definition) is 0. The Morgan fingerprint density at radius 1 is 1.18 bits per heavy atom. The van der Waals surface area contributed by atoms with Crippen LogP contribution in [0.2, 0.25) is 5.82 Å². The third-order valence-electron chi connectivity index (χ3n) is 6.76. The monoisotopic (exact) mass is 380 g/mol. The summed E-state index contributed by atoms with van der Waals surface area (Å²) in [6.45, 7) is 9.64. The summed E-state index contributed by atoms with van der Waals surface area (Å²) >= 11 is 0. The second-order valence-electron chi connectivity index (χ2n) is 9.14. The number of carbonyl (C=O) groups excluding carboxylic acids is 1. The molecular weight excluding hydrogens is 355 g/mol. The zero-order chi connectivity index (χ0) is 19.7. The van der Waals surface area contributed by atoms with E-state index in [2.05, 4.69) is 32.7 Å². The number of aromatic nitrogens is 1. The highest BCUT2D eigenvalue weighted by atomic mass is 16.7. The van der Waals surface area contributed by atoms with Crippen LogP contribution in [0.3, 0.4) is 0 Å². The number of fused-ring (bicyclic) bond motifs is 1. The lowest BCUT2D eigenvalue weighted by Gasteiger charge is -2.32. The van der Waals surface area contributed by atoms with Crippen LogP contribution in [-0.2, 0) is 15.9 Å². The molecule has 1 amide bonds. The minimum atomic E-state index is -0.310. The highest BCUT2D eigenvalue weighted by Crippen LogP contribution is 2.53. The fourth-order valence-corrected chi connectivity index (χ4v) is 4.26. The van der Waals surface area contributed by atoms with Gasteiger partial charge in [0.05, 0.1) is 17.4 Å². The van der Waals surface area contributed by atoms with Crippen molar-refractivity contribution in [3.63, 3.8) is 0 Å². The van der Waals surface area contributed by atoms with Gasteiger partial charge < -0.3 is 18.6 Å². The van der Waals surface area contributed by atoms with Crippen LogP contribution in [0.15, 0.2) is 35.1 Å². The van der Waals surface area contributed by atoms with E-state index in [1.165, 1.54) is 0 Å². The molecule has 6 nitrogen and oxygen atoms in total. The second kappa shape index (κ2) is 5.94. The molecule has 0 radical (unpaired) electrons. The van der Waals surface area contributed by atoms with Crippen LogP contribution in [-0.4, -0.2) is 40.7 Å². The van der Waals surface area contributed by atoms with E-state index in [4.69, 9.17) is 13.7 Å². The molecule has 0 spiro atoms. The maximum Gasteiger partial charge on any atom is 0.461 e. The maximum absolute atomic E-state index is 12.9. The minimum Gasteiger partial charge on any atom is -0.445 e. The lowest BCUT2D eigenvalue weighted by atomic mass is 9.80. The Hall–Kier alpha value is -2.12. The zero-order valence-electron chi connectivity index (χ0n) is 16.8. The molecule has 7 heteroatoms. The SMILES string of the molecule is CC1(C)OB(C2CC2CN2Cc3c(cccc3-c3ncco3)C2=O)OC1(C)C. The first kappa shape index (κ1) is 17.9. The Balaban J connectivity index is 1.28. The molecule has 2 aromatic rings. The summed E-state index contributed by atoms with van der Waals surface area (Å²) in [5.41, 5.74) is 2.04. The van der Waals surface area contributed by atoms with Crippen molar-refractivity contribution in [3.8, 4) is 11.5 Å². The Morgan fingerprint density at radius 3 is 2.57 bits per heavy atom. The summed E-state index contributed by atoms with van der Waals surface area (Å²) in [6, 6.07) is 5.75. The molecule has 146 valence electrons. The van der Waals surface area contributed by atoms with Crippen molar-refractivity contribution in [2.45, 2.75) is 57.7 Å². The van der Waals surface area contributed by atoms with E-state index in [9.17, 15) is 4.79 Å². The quantitative estimate of drug-likeness (QED) is 0.756. The van der Waals surface area contributed by atoms with E-state index in [1.54, 1.807) is 12.5 Å². The number of oxazole rings is 1. The van der Waals surface area contributed by atoms with Gasteiger partial charge in [0, 0.05) is 24.2 Å². The summed E-state index contributed by atoms with van der Waals surface area (Å²) in [5, 5.41) is 0. The molecule has 1 saturated carbocycles. The van der Waals surface area contributed by atoms with Crippen LogP contribution in [0, 0.1) is 5.92 Å². The van der Waals surface area contributed by atoms with Crippen molar-refractivity contribution >= 4 is 13.0 Å². The molecule has 1 aliphatic carbocycles. The molecule has 2 fully saturated rings. The van der Waals surface area contributed by atoms with Crippen molar-refractivity contribution in [3.05, 3.63) is 41.8 Å². The summed E-state index contributed by atoms with van der Waals surface area (Å²) < 4.78 is 17.8. The van der Waals surface area contributed by atoms with E-state index < -0.39 is 0 Å². The topological polar surface area (TPSA) is 64.8 Å². The molecule has 1 saturated heterocycles. The Bertz CT molecular complexity index is 908. The van der Waals surface area contributed by atoms with Crippen molar-refractivity contribution in [1.82, 2.24) is 9.88 Å². The molecular formula is C21H25BN2O4. The standard InChI is InChI=1S/C21H25BN2O4/c1-20(2)21(3,4)28-22(27-20)17-10-13(17)11-24-12-16-14(18-23-8-9-26-18)6-5-7-15(16)19(24)25/h5-9,13,17H,10-12H2,1-4H3. The van der Waals surface area contributed by atoms with Gasteiger partial charge in [-0.2, -0.15) is 0 Å². The van der Waals surface area contributed by atoms with Gasteiger partial charge >= 0.3 is 7.12 Å². The van der Waals surface area contributed by atoms with Crippen LogP contribution in [0.25, 0.3) is 11.5 Å². The third kappa shape index (κ3) is 2.71. The van der Waals surface area contributed by atoms with Gasteiger partial charge in [-0.25, -0.2) is 4.98 Å². The Labute approximate surface area is 165 Å². The first-order chi connectivity index (χ1) is 13.3. The molecule has 2 aliphatic heterocycles.